The van der Waals surface area contributed by atoms with Gasteiger partial charge in [0, 0.05) is 7.11 Å². The summed E-state index contributed by atoms with van der Waals surface area (Å²) in [5.74, 6) is 0.903. The van der Waals surface area contributed by atoms with Crippen LogP contribution in [-0.2, 0) is 4.74 Å². The summed E-state index contributed by atoms with van der Waals surface area (Å²) < 4.78 is 24.3. The molecule has 0 aromatic heterocycles. The van der Waals surface area contributed by atoms with E-state index in [-0.39, 0.29) is 18.2 Å². The van der Waals surface area contributed by atoms with E-state index < -0.39 is 0 Å². The molecule has 1 N–H and O–H groups in total. The van der Waals surface area contributed by atoms with Crippen LogP contribution in [0.3, 0.4) is 0 Å². The molecule has 5 heteroatoms. The number of methoxy groups -OCH3 is 1. The predicted molar refractivity (Wildman–Crippen MR) is 75.9 cm³/mol. The van der Waals surface area contributed by atoms with Crippen molar-refractivity contribution in [1.82, 2.24) is 5.32 Å². The van der Waals surface area contributed by atoms with Crippen LogP contribution in [0.4, 0.5) is 4.39 Å². The second-order valence-corrected chi connectivity index (χ2v) is 4.55. The summed E-state index contributed by atoms with van der Waals surface area (Å²) in [6, 6.07) is 5.01. The molecule has 0 spiro atoms. The highest BCUT2D eigenvalue weighted by Gasteiger charge is 2.19. The number of benzene rings is 1. The average molecular weight is 290 g/mol. The summed E-state index contributed by atoms with van der Waals surface area (Å²) >= 11 is 0. The maximum atomic E-state index is 13.8. The second kappa shape index (κ2) is 8.35. The first-order chi connectivity index (χ1) is 8.81. The van der Waals surface area contributed by atoms with Crippen LogP contribution in [-0.4, -0.2) is 33.4 Å². The molecule has 1 aromatic rings. The van der Waals surface area contributed by atoms with Crippen LogP contribution in [0.15, 0.2) is 18.2 Å². The molecule has 0 radical (unpaired) electrons. The Kier molecular flexibility index (Phi) is 7.13. The summed E-state index contributed by atoms with van der Waals surface area (Å²) in [6.45, 7) is 2.95. The van der Waals surface area contributed by atoms with Gasteiger partial charge in [-0.25, -0.2) is 4.39 Å². The van der Waals surface area contributed by atoms with Crippen LogP contribution in [0.2, 0.25) is 0 Å². The molecule has 0 saturated carbocycles. The molecule has 108 valence electrons. The van der Waals surface area contributed by atoms with Crippen molar-refractivity contribution in [3.05, 3.63) is 29.6 Å². The molecule has 2 rings (SSSR count). The smallest absolute Gasteiger partial charge is 0.126 e. The molecule has 1 saturated heterocycles. The Bertz CT molecular complexity index is 384. The van der Waals surface area contributed by atoms with Gasteiger partial charge in [-0.05, 0) is 55.6 Å². The molecule has 1 fully saturated rings. The highest BCUT2D eigenvalue weighted by atomic mass is 35.5. The molecule has 0 bridgehead atoms. The standard InChI is InChI=1S/C14H20FNO2.ClH/c1-17-8-9-18-12-2-3-14(15)13(10-12)11-4-6-16-7-5-11;/h2-3,10-11,16H,4-9H2,1H3;1H. The fourth-order valence-corrected chi connectivity index (χ4v) is 2.30. The van der Waals surface area contributed by atoms with Gasteiger partial charge in [0.15, 0.2) is 0 Å². The minimum Gasteiger partial charge on any atom is -0.491 e. The third kappa shape index (κ3) is 4.64. The average Bonchev–Trinajstić information content (AvgIpc) is 2.42. The van der Waals surface area contributed by atoms with E-state index in [1.165, 1.54) is 6.07 Å². The predicted octanol–water partition coefficient (Wildman–Crippen LogP) is 2.74. The normalized spacial score (nSPS) is 15.9. The minimum absolute atomic E-state index is 0. The molecule has 0 amide bonds. The van der Waals surface area contributed by atoms with Gasteiger partial charge in [-0.2, -0.15) is 0 Å². The van der Waals surface area contributed by atoms with Crippen molar-refractivity contribution in [2.75, 3.05) is 33.4 Å². The Balaban J connectivity index is 0.00000180. The van der Waals surface area contributed by atoms with E-state index in [0.29, 0.717) is 19.1 Å². The fourth-order valence-electron chi connectivity index (χ4n) is 2.30. The Morgan fingerprint density at radius 2 is 2.00 bits per heavy atom. The van der Waals surface area contributed by atoms with Crippen molar-refractivity contribution in [3.63, 3.8) is 0 Å². The minimum atomic E-state index is -0.124. The van der Waals surface area contributed by atoms with E-state index in [4.69, 9.17) is 9.47 Å². The summed E-state index contributed by atoms with van der Waals surface area (Å²) in [4.78, 5) is 0. The van der Waals surface area contributed by atoms with Gasteiger partial charge in [0.2, 0.25) is 0 Å². The Labute approximate surface area is 119 Å². The van der Waals surface area contributed by atoms with Crippen molar-refractivity contribution in [2.24, 2.45) is 0 Å². The summed E-state index contributed by atoms with van der Waals surface area (Å²) in [6.07, 6.45) is 1.97. The molecule has 1 aliphatic heterocycles. The monoisotopic (exact) mass is 289 g/mol. The zero-order chi connectivity index (χ0) is 12.8. The van der Waals surface area contributed by atoms with Gasteiger partial charge in [-0.3, -0.25) is 0 Å². The molecule has 1 aliphatic rings. The molecule has 0 unspecified atom stereocenters. The summed E-state index contributed by atoms with van der Waals surface area (Å²) in [5, 5.41) is 3.29. The Morgan fingerprint density at radius 3 is 2.68 bits per heavy atom. The van der Waals surface area contributed by atoms with Gasteiger partial charge in [-0.15, -0.1) is 12.4 Å². The van der Waals surface area contributed by atoms with E-state index in [1.807, 2.05) is 6.07 Å². The van der Waals surface area contributed by atoms with Crippen LogP contribution in [0.25, 0.3) is 0 Å². The van der Waals surface area contributed by atoms with Crippen LogP contribution in [0.1, 0.15) is 24.3 Å². The summed E-state index contributed by atoms with van der Waals surface area (Å²) in [5.41, 5.74) is 0.784. The van der Waals surface area contributed by atoms with E-state index >= 15 is 0 Å². The molecule has 1 heterocycles. The lowest BCUT2D eigenvalue weighted by Crippen LogP contribution is -2.27. The van der Waals surface area contributed by atoms with Crippen molar-refractivity contribution in [1.29, 1.82) is 0 Å². The van der Waals surface area contributed by atoms with Gasteiger partial charge in [0.05, 0.1) is 6.61 Å². The van der Waals surface area contributed by atoms with Crippen molar-refractivity contribution in [2.45, 2.75) is 18.8 Å². The quantitative estimate of drug-likeness (QED) is 0.846. The molecule has 0 aliphatic carbocycles. The Hall–Kier alpha value is -0.840. The molecular weight excluding hydrogens is 269 g/mol. The third-order valence-corrected chi connectivity index (χ3v) is 3.30. The highest BCUT2D eigenvalue weighted by molar-refractivity contribution is 5.85. The first-order valence-corrected chi connectivity index (χ1v) is 6.43. The lowest BCUT2D eigenvalue weighted by atomic mass is 9.90. The van der Waals surface area contributed by atoms with Gasteiger partial charge >= 0.3 is 0 Å². The van der Waals surface area contributed by atoms with Gasteiger partial charge in [0.25, 0.3) is 0 Å². The van der Waals surface area contributed by atoms with E-state index in [9.17, 15) is 4.39 Å². The number of hydrogen-bond acceptors (Lipinski definition) is 3. The van der Waals surface area contributed by atoms with Crippen LogP contribution in [0, 0.1) is 5.82 Å². The van der Waals surface area contributed by atoms with Gasteiger partial charge in [0.1, 0.15) is 18.2 Å². The first-order valence-electron chi connectivity index (χ1n) is 6.43. The van der Waals surface area contributed by atoms with E-state index in [1.54, 1.807) is 13.2 Å². The SMILES string of the molecule is COCCOc1ccc(F)c(C2CCNCC2)c1.Cl. The molecular formula is C14H21ClFNO2. The topological polar surface area (TPSA) is 30.5 Å². The van der Waals surface area contributed by atoms with Crippen LogP contribution >= 0.6 is 12.4 Å². The lowest BCUT2D eigenvalue weighted by molar-refractivity contribution is 0.146. The maximum Gasteiger partial charge on any atom is 0.126 e. The number of ether oxygens (including phenoxy) is 2. The lowest BCUT2D eigenvalue weighted by Gasteiger charge is -2.23. The molecule has 0 atom stereocenters. The van der Waals surface area contributed by atoms with Gasteiger partial charge in [-0.1, -0.05) is 0 Å². The Morgan fingerprint density at radius 1 is 1.26 bits per heavy atom. The van der Waals surface area contributed by atoms with Gasteiger partial charge < -0.3 is 14.8 Å². The third-order valence-electron chi connectivity index (χ3n) is 3.30. The summed E-state index contributed by atoms with van der Waals surface area (Å²) in [7, 11) is 1.63. The number of rotatable bonds is 5. The number of nitrogens with one attached hydrogen (secondary N) is 1. The second-order valence-electron chi connectivity index (χ2n) is 4.55. The van der Waals surface area contributed by atoms with E-state index in [0.717, 1.165) is 37.2 Å². The molecule has 1 aromatic carbocycles. The van der Waals surface area contributed by atoms with Crippen LogP contribution in [0.5, 0.6) is 5.75 Å². The number of piperidine rings is 1. The first kappa shape index (κ1) is 16.2. The zero-order valence-corrected chi connectivity index (χ0v) is 12.0. The molecule has 3 nitrogen and oxygen atoms in total. The van der Waals surface area contributed by atoms with Crippen molar-refractivity contribution in [3.8, 4) is 5.75 Å². The largest absolute Gasteiger partial charge is 0.491 e. The van der Waals surface area contributed by atoms with Crippen molar-refractivity contribution >= 4 is 12.4 Å². The van der Waals surface area contributed by atoms with Crippen LogP contribution < -0.4 is 10.1 Å². The number of halogens is 2. The molecule has 19 heavy (non-hydrogen) atoms. The zero-order valence-electron chi connectivity index (χ0n) is 11.2. The maximum absolute atomic E-state index is 13.8. The highest BCUT2D eigenvalue weighted by Crippen LogP contribution is 2.30. The van der Waals surface area contributed by atoms with E-state index in [2.05, 4.69) is 5.32 Å². The fraction of sp³-hybridized carbons (Fsp3) is 0.571. The van der Waals surface area contributed by atoms with Crippen molar-refractivity contribution < 1.29 is 13.9 Å². The number of hydrogen-bond donors (Lipinski definition) is 1.